The predicted octanol–water partition coefficient (Wildman–Crippen LogP) is 0.147. The van der Waals surface area contributed by atoms with Crippen molar-refractivity contribution >= 4 is 10.0 Å². The molecule has 0 spiro atoms. The van der Waals surface area contributed by atoms with E-state index in [1.807, 2.05) is 6.92 Å². The maximum absolute atomic E-state index is 12.2. The number of aryl methyl sites for hydroxylation is 2. The Morgan fingerprint density at radius 3 is 2.83 bits per heavy atom. The van der Waals surface area contributed by atoms with E-state index in [-0.39, 0.29) is 17.1 Å². The van der Waals surface area contributed by atoms with Crippen LogP contribution in [-0.2, 0) is 17.1 Å². The number of sulfonamides is 1. The molecule has 0 saturated carbocycles. The molecule has 2 atom stereocenters. The van der Waals surface area contributed by atoms with E-state index in [0.29, 0.717) is 5.82 Å². The minimum atomic E-state index is -3.52. The Bertz CT molecular complexity index is 504. The van der Waals surface area contributed by atoms with Crippen LogP contribution in [0.25, 0.3) is 0 Å². The SMILES string of the molecule is Cc1nc(S(=O)(=O)NC2CCCNC2C)cn1C. The number of nitrogens with zero attached hydrogens (tertiary/aromatic N) is 2. The monoisotopic (exact) mass is 272 g/mol. The van der Waals surface area contributed by atoms with Crippen LogP contribution >= 0.6 is 0 Å². The fourth-order valence-corrected chi connectivity index (χ4v) is 3.51. The van der Waals surface area contributed by atoms with Gasteiger partial charge in [0.05, 0.1) is 0 Å². The van der Waals surface area contributed by atoms with Crippen LogP contribution in [0.3, 0.4) is 0 Å². The largest absolute Gasteiger partial charge is 0.337 e. The number of nitrogens with one attached hydrogen (secondary N) is 2. The van der Waals surface area contributed by atoms with E-state index in [4.69, 9.17) is 0 Å². The molecule has 2 rings (SSSR count). The molecule has 2 unspecified atom stereocenters. The number of piperidine rings is 1. The van der Waals surface area contributed by atoms with Gasteiger partial charge < -0.3 is 9.88 Å². The van der Waals surface area contributed by atoms with Gasteiger partial charge in [-0.25, -0.2) is 18.1 Å². The zero-order valence-electron chi connectivity index (χ0n) is 11.0. The van der Waals surface area contributed by atoms with Gasteiger partial charge in [-0.1, -0.05) is 0 Å². The Morgan fingerprint density at radius 1 is 1.56 bits per heavy atom. The molecule has 1 aliphatic heterocycles. The first-order chi connectivity index (χ1) is 8.40. The van der Waals surface area contributed by atoms with Crippen molar-refractivity contribution in [3.05, 3.63) is 12.0 Å². The highest BCUT2D eigenvalue weighted by atomic mass is 32.2. The van der Waals surface area contributed by atoms with Gasteiger partial charge in [0.2, 0.25) is 0 Å². The second kappa shape index (κ2) is 4.99. The lowest BCUT2D eigenvalue weighted by molar-refractivity contribution is 0.348. The van der Waals surface area contributed by atoms with Crippen LogP contribution in [0.15, 0.2) is 11.2 Å². The molecule has 0 aliphatic carbocycles. The number of imidazole rings is 1. The molecule has 0 bridgehead atoms. The minimum absolute atomic E-state index is 0.0638. The Labute approximate surface area is 108 Å². The first kappa shape index (κ1) is 13.5. The van der Waals surface area contributed by atoms with Gasteiger partial charge in [-0.2, -0.15) is 0 Å². The van der Waals surface area contributed by atoms with Crippen LogP contribution in [0.1, 0.15) is 25.6 Å². The van der Waals surface area contributed by atoms with E-state index in [1.165, 1.54) is 0 Å². The fraction of sp³-hybridized carbons (Fsp3) is 0.727. The molecule has 1 aliphatic rings. The molecule has 7 heteroatoms. The second-order valence-corrected chi connectivity index (χ2v) is 6.51. The quantitative estimate of drug-likeness (QED) is 0.821. The molecule has 1 aromatic rings. The molecule has 6 nitrogen and oxygen atoms in total. The second-order valence-electron chi connectivity index (χ2n) is 4.85. The van der Waals surface area contributed by atoms with Gasteiger partial charge in [0, 0.05) is 25.3 Å². The smallest absolute Gasteiger partial charge is 0.259 e. The Morgan fingerprint density at radius 2 is 2.28 bits per heavy atom. The van der Waals surface area contributed by atoms with Gasteiger partial charge in [0.15, 0.2) is 5.03 Å². The van der Waals surface area contributed by atoms with Crippen molar-refractivity contribution in [1.29, 1.82) is 0 Å². The summed E-state index contributed by atoms with van der Waals surface area (Å²) in [5.74, 6) is 0.685. The minimum Gasteiger partial charge on any atom is -0.337 e. The summed E-state index contributed by atoms with van der Waals surface area (Å²) in [5.41, 5.74) is 0. The van der Waals surface area contributed by atoms with Crippen LogP contribution in [-0.4, -0.2) is 36.6 Å². The number of aromatic nitrogens is 2. The van der Waals surface area contributed by atoms with Crippen molar-refractivity contribution in [3.8, 4) is 0 Å². The lowest BCUT2D eigenvalue weighted by atomic mass is 10.0. The molecule has 2 N–H and O–H groups in total. The van der Waals surface area contributed by atoms with E-state index >= 15 is 0 Å². The number of rotatable bonds is 3. The molecular formula is C11H20N4O2S. The van der Waals surface area contributed by atoms with Crippen LogP contribution in [0.5, 0.6) is 0 Å². The Hall–Kier alpha value is -0.920. The topological polar surface area (TPSA) is 76.0 Å². The zero-order valence-corrected chi connectivity index (χ0v) is 11.8. The van der Waals surface area contributed by atoms with Crippen molar-refractivity contribution in [3.63, 3.8) is 0 Å². The van der Waals surface area contributed by atoms with E-state index in [0.717, 1.165) is 19.4 Å². The van der Waals surface area contributed by atoms with Gasteiger partial charge in [-0.15, -0.1) is 0 Å². The third-order valence-electron chi connectivity index (χ3n) is 3.43. The van der Waals surface area contributed by atoms with Gasteiger partial charge >= 0.3 is 0 Å². The first-order valence-corrected chi connectivity index (χ1v) is 7.64. The Balaban J connectivity index is 2.16. The van der Waals surface area contributed by atoms with E-state index in [9.17, 15) is 8.42 Å². The molecular weight excluding hydrogens is 252 g/mol. The highest BCUT2D eigenvalue weighted by molar-refractivity contribution is 7.89. The standard InChI is InChI=1S/C11H20N4O2S/c1-8-10(5-4-6-12-8)14-18(16,17)11-7-15(3)9(2)13-11/h7-8,10,12,14H,4-6H2,1-3H3. The van der Waals surface area contributed by atoms with Gasteiger partial charge in [-0.3, -0.25) is 0 Å². The normalized spacial score (nSPS) is 25.3. The molecule has 1 aromatic heterocycles. The summed E-state index contributed by atoms with van der Waals surface area (Å²) in [7, 11) is -1.73. The third-order valence-corrected chi connectivity index (χ3v) is 4.79. The van der Waals surface area contributed by atoms with Gasteiger partial charge in [-0.05, 0) is 33.2 Å². The highest BCUT2D eigenvalue weighted by Gasteiger charge is 2.27. The van der Waals surface area contributed by atoms with Crippen molar-refractivity contribution in [2.24, 2.45) is 7.05 Å². The number of hydrogen-bond acceptors (Lipinski definition) is 4. The molecule has 1 saturated heterocycles. The van der Waals surface area contributed by atoms with Crippen molar-refractivity contribution in [2.75, 3.05) is 6.54 Å². The average molecular weight is 272 g/mol. The highest BCUT2D eigenvalue weighted by Crippen LogP contribution is 2.13. The molecule has 0 aromatic carbocycles. The summed E-state index contributed by atoms with van der Waals surface area (Å²) in [5, 5.41) is 3.37. The summed E-state index contributed by atoms with van der Waals surface area (Å²) < 4.78 is 28.8. The van der Waals surface area contributed by atoms with Crippen molar-refractivity contribution < 1.29 is 8.42 Å². The molecule has 0 radical (unpaired) electrons. The molecule has 0 amide bonds. The maximum atomic E-state index is 12.2. The Kier molecular flexibility index (Phi) is 3.74. The zero-order chi connectivity index (χ0) is 13.3. The number of hydrogen-bond donors (Lipinski definition) is 2. The lowest BCUT2D eigenvalue weighted by Crippen LogP contribution is -2.51. The van der Waals surface area contributed by atoms with E-state index in [2.05, 4.69) is 15.0 Å². The lowest BCUT2D eigenvalue weighted by Gasteiger charge is -2.30. The predicted molar refractivity (Wildman–Crippen MR) is 68.8 cm³/mol. The van der Waals surface area contributed by atoms with Gasteiger partial charge in [0.1, 0.15) is 5.82 Å². The van der Waals surface area contributed by atoms with Crippen LogP contribution in [0, 0.1) is 6.92 Å². The summed E-state index contributed by atoms with van der Waals surface area (Å²) >= 11 is 0. The summed E-state index contributed by atoms with van der Waals surface area (Å²) in [6.07, 6.45) is 3.39. The van der Waals surface area contributed by atoms with Crippen LogP contribution in [0.2, 0.25) is 0 Å². The molecule has 1 fully saturated rings. The van der Waals surface area contributed by atoms with E-state index < -0.39 is 10.0 Å². The summed E-state index contributed by atoms with van der Waals surface area (Å²) in [6, 6.07) is 0.0874. The first-order valence-electron chi connectivity index (χ1n) is 6.16. The summed E-state index contributed by atoms with van der Waals surface area (Å²) in [4.78, 5) is 4.06. The maximum Gasteiger partial charge on any atom is 0.259 e. The molecule has 2 heterocycles. The molecule has 18 heavy (non-hydrogen) atoms. The van der Waals surface area contributed by atoms with Crippen molar-refractivity contribution in [2.45, 2.75) is 43.8 Å². The van der Waals surface area contributed by atoms with Crippen LogP contribution in [0.4, 0.5) is 0 Å². The van der Waals surface area contributed by atoms with E-state index in [1.54, 1.807) is 24.7 Å². The third kappa shape index (κ3) is 2.73. The average Bonchev–Trinajstić information content (AvgIpc) is 2.63. The van der Waals surface area contributed by atoms with Crippen molar-refractivity contribution in [1.82, 2.24) is 19.6 Å². The van der Waals surface area contributed by atoms with Gasteiger partial charge in [0.25, 0.3) is 10.0 Å². The summed E-state index contributed by atoms with van der Waals surface area (Å²) in [6.45, 7) is 4.72. The van der Waals surface area contributed by atoms with Crippen LogP contribution < -0.4 is 10.0 Å². The fourth-order valence-electron chi connectivity index (χ4n) is 2.12. The molecule has 102 valence electrons.